The quantitative estimate of drug-likeness (QED) is 0.655. The average molecular weight is 198 g/mol. The summed E-state index contributed by atoms with van der Waals surface area (Å²) in [7, 11) is 0. The first-order chi connectivity index (χ1) is 7.33. The Morgan fingerprint density at radius 2 is 1.20 bits per heavy atom. The smallest absolute Gasteiger partial charge is 0.0115 e. The molecule has 0 bridgehead atoms. The summed E-state index contributed by atoms with van der Waals surface area (Å²) in [5.41, 5.74) is 3.83. The highest BCUT2D eigenvalue weighted by molar-refractivity contribution is 5.73. The lowest BCUT2D eigenvalue weighted by Crippen LogP contribution is -1.85. The van der Waals surface area contributed by atoms with Gasteiger partial charge >= 0.3 is 0 Å². The minimum absolute atomic E-state index is 1.27. The monoisotopic (exact) mass is 198 g/mol. The Morgan fingerprint density at radius 1 is 0.733 bits per heavy atom. The fourth-order valence-electron chi connectivity index (χ4n) is 1.61. The number of hydrogen-bond acceptors (Lipinski definition) is 0. The van der Waals surface area contributed by atoms with E-state index in [4.69, 9.17) is 0 Å². The van der Waals surface area contributed by atoms with Crippen molar-refractivity contribution in [3.8, 4) is 0 Å². The molecule has 0 aromatic heterocycles. The van der Waals surface area contributed by atoms with Crippen molar-refractivity contribution in [1.82, 2.24) is 0 Å². The summed E-state index contributed by atoms with van der Waals surface area (Å²) in [6.07, 6.45) is 12.7. The molecule has 0 fully saturated rings. The predicted octanol–water partition coefficient (Wildman–Crippen LogP) is 4.79. The first-order valence-electron chi connectivity index (χ1n) is 5.34. The number of rotatable bonds is 3. The molecule has 0 nitrogen and oxygen atoms in total. The van der Waals surface area contributed by atoms with Crippen LogP contribution in [0.3, 0.4) is 0 Å². The van der Waals surface area contributed by atoms with Gasteiger partial charge in [-0.3, -0.25) is 0 Å². The highest BCUT2D eigenvalue weighted by Crippen LogP contribution is 2.19. The van der Waals surface area contributed by atoms with Gasteiger partial charge in [0.2, 0.25) is 0 Å². The topological polar surface area (TPSA) is 0 Å². The molecule has 78 valence electrons. The SMILES string of the molecule is C/C=C\c1cccc(/C=C\C)c1/C=C\C. The third-order valence-corrected chi connectivity index (χ3v) is 2.20. The third kappa shape index (κ3) is 2.95. The van der Waals surface area contributed by atoms with E-state index in [0.717, 1.165) is 0 Å². The molecule has 0 saturated carbocycles. The molecule has 0 heteroatoms. The molecule has 0 aliphatic carbocycles. The summed E-state index contributed by atoms with van der Waals surface area (Å²) >= 11 is 0. The highest BCUT2D eigenvalue weighted by atomic mass is 14.0. The Hall–Kier alpha value is -1.56. The van der Waals surface area contributed by atoms with Crippen molar-refractivity contribution in [2.75, 3.05) is 0 Å². The molecule has 0 amide bonds. The number of hydrogen-bond donors (Lipinski definition) is 0. The molecule has 15 heavy (non-hydrogen) atoms. The van der Waals surface area contributed by atoms with Crippen LogP contribution in [-0.2, 0) is 0 Å². The van der Waals surface area contributed by atoms with E-state index < -0.39 is 0 Å². The molecule has 0 unspecified atom stereocenters. The van der Waals surface area contributed by atoms with Crippen LogP contribution in [0, 0.1) is 0 Å². The largest absolute Gasteiger partial charge is 0.0870 e. The van der Waals surface area contributed by atoms with Gasteiger partial charge in [0, 0.05) is 0 Å². The van der Waals surface area contributed by atoms with Crippen molar-refractivity contribution in [3.63, 3.8) is 0 Å². The lowest BCUT2D eigenvalue weighted by atomic mass is 9.99. The van der Waals surface area contributed by atoms with Gasteiger partial charge in [0.25, 0.3) is 0 Å². The molecule has 0 radical (unpaired) electrons. The Bertz CT molecular complexity index is 362. The molecule has 0 aliphatic rings. The van der Waals surface area contributed by atoms with Crippen LogP contribution in [0.4, 0.5) is 0 Å². The van der Waals surface area contributed by atoms with Crippen LogP contribution in [-0.4, -0.2) is 0 Å². The lowest BCUT2D eigenvalue weighted by Gasteiger charge is -2.05. The summed E-state index contributed by atoms with van der Waals surface area (Å²) in [5.74, 6) is 0. The van der Waals surface area contributed by atoms with Crippen molar-refractivity contribution in [2.45, 2.75) is 20.8 Å². The molecule has 0 saturated heterocycles. The van der Waals surface area contributed by atoms with Crippen molar-refractivity contribution in [1.29, 1.82) is 0 Å². The second kappa shape index (κ2) is 6.02. The predicted molar refractivity (Wildman–Crippen MR) is 70.6 cm³/mol. The second-order valence-corrected chi connectivity index (χ2v) is 3.35. The Labute approximate surface area is 92.6 Å². The van der Waals surface area contributed by atoms with Gasteiger partial charge < -0.3 is 0 Å². The van der Waals surface area contributed by atoms with Gasteiger partial charge in [0.1, 0.15) is 0 Å². The summed E-state index contributed by atoms with van der Waals surface area (Å²) < 4.78 is 0. The lowest BCUT2D eigenvalue weighted by molar-refractivity contribution is 1.55. The van der Waals surface area contributed by atoms with Crippen LogP contribution in [0.15, 0.2) is 36.4 Å². The maximum atomic E-state index is 2.16. The maximum Gasteiger partial charge on any atom is -0.0115 e. The molecule has 1 aromatic carbocycles. The molecule has 1 rings (SSSR count). The van der Waals surface area contributed by atoms with Crippen molar-refractivity contribution in [3.05, 3.63) is 53.1 Å². The highest BCUT2D eigenvalue weighted by Gasteiger charge is 1.99. The molecule has 1 aromatic rings. The second-order valence-electron chi connectivity index (χ2n) is 3.35. The average Bonchev–Trinajstić information content (AvgIpc) is 2.23. The van der Waals surface area contributed by atoms with Gasteiger partial charge in [0.05, 0.1) is 0 Å². The van der Waals surface area contributed by atoms with Gasteiger partial charge in [-0.05, 0) is 37.5 Å². The van der Waals surface area contributed by atoms with Crippen LogP contribution >= 0.6 is 0 Å². The first kappa shape index (κ1) is 11.5. The van der Waals surface area contributed by atoms with E-state index in [9.17, 15) is 0 Å². The fraction of sp³-hybridized carbons (Fsp3) is 0.200. The first-order valence-corrected chi connectivity index (χ1v) is 5.34. The molecule has 0 atom stereocenters. The summed E-state index contributed by atoms with van der Waals surface area (Å²) in [6.45, 7) is 6.13. The van der Waals surface area contributed by atoms with Gasteiger partial charge in [-0.1, -0.05) is 54.7 Å². The molecule has 0 aliphatic heterocycles. The van der Waals surface area contributed by atoms with E-state index >= 15 is 0 Å². The van der Waals surface area contributed by atoms with Crippen molar-refractivity contribution < 1.29 is 0 Å². The van der Waals surface area contributed by atoms with E-state index in [1.54, 1.807) is 0 Å². The van der Waals surface area contributed by atoms with Crippen LogP contribution in [0.25, 0.3) is 18.2 Å². The zero-order chi connectivity index (χ0) is 11.1. The number of allylic oxidation sites excluding steroid dienone is 3. The Balaban J connectivity index is 3.33. The number of benzene rings is 1. The van der Waals surface area contributed by atoms with E-state index in [2.05, 4.69) is 54.7 Å². The summed E-state index contributed by atoms with van der Waals surface area (Å²) in [5, 5.41) is 0. The van der Waals surface area contributed by atoms with E-state index in [0.29, 0.717) is 0 Å². The zero-order valence-corrected chi connectivity index (χ0v) is 9.70. The fourth-order valence-corrected chi connectivity index (χ4v) is 1.61. The minimum atomic E-state index is 1.27. The zero-order valence-electron chi connectivity index (χ0n) is 9.70. The Kier molecular flexibility index (Phi) is 4.62. The Morgan fingerprint density at radius 3 is 1.60 bits per heavy atom. The maximum absolute atomic E-state index is 2.16. The molecular weight excluding hydrogens is 180 g/mol. The van der Waals surface area contributed by atoms with E-state index in [1.165, 1.54) is 16.7 Å². The standard InChI is InChI=1S/C15H18/c1-4-8-13-11-7-12-14(9-5-2)15(13)10-6-3/h4-12H,1-3H3/b8-4-,9-5-,10-6-. The van der Waals surface area contributed by atoms with Gasteiger partial charge in [-0.25, -0.2) is 0 Å². The van der Waals surface area contributed by atoms with Gasteiger partial charge in [-0.2, -0.15) is 0 Å². The van der Waals surface area contributed by atoms with E-state index in [1.807, 2.05) is 20.8 Å². The van der Waals surface area contributed by atoms with Gasteiger partial charge in [0.15, 0.2) is 0 Å². The van der Waals surface area contributed by atoms with Gasteiger partial charge in [-0.15, -0.1) is 0 Å². The molecule has 0 spiro atoms. The minimum Gasteiger partial charge on any atom is -0.0870 e. The molecular formula is C15H18. The molecule has 0 N–H and O–H groups in total. The van der Waals surface area contributed by atoms with Crippen LogP contribution in [0.5, 0.6) is 0 Å². The summed E-state index contributed by atoms with van der Waals surface area (Å²) in [4.78, 5) is 0. The van der Waals surface area contributed by atoms with E-state index in [-0.39, 0.29) is 0 Å². The van der Waals surface area contributed by atoms with Crippen LogP contribution in [0.2, 0.25) is 0 Å². The third-order valence-electron chi connectivity index (χ3n) is 2.20. The van der Waals surface area contributed by atoms with Crippen LogP contribution in [0.1, 0.15) is 37.5 Å². The van der Waals surface area contributed by atoms with Crippen molar-refractivity contribution in [2.24, 2.45) is 0 Å². The molecule has 0 heterocycles. The summed E-state index contributed by atoms with van der Waals surface area (Å²) in [6, 6.07) is 6.38. The normalized spacial score (nSPS) is 12.2. The van der Waals surface area contributed by atoms with Crippen molar-refractivity contribution >= 4 is 18.2 Å². The van der Waals surface area contributed by atoms with Crippen LogP contribution < -0.4 is 0 Å².